The highest BCUT2D eigenvalue weighted by atomic mass is 16.5. The molecule has 1 aromatic carbocycles. The second-order valence-electron chi connectivity index (χ2n) is 3.10. The molecule has 17 heavy (non-hydrogen) atoms. The molecule has 0 spiro atoms. The second kappa shape index (κ2) is 5.42. The van der Waals surface area contributed by atoms with Crippen LogP contribution in [-0.4, -0.2) is 27.7 Å². The molecule has 0 atom stereocenters. The molecule has 0 aliphatic heterocycles. The molecule has 0 amide bonds. The van der Waals surface area contributed by atoms with Gasteiger partial charge in [0, 0.05) is 0 Å². The number of ether oxygens (including phenoxy) is 1. The predicted octanol–water partition coefficient (Wildman–Crippen LogP) is 1.06. The van der Waals surface area contributed by atoms with Crippen LogP contribution in [0.25, 0.3) is 0 Å². The van der Waals surface area contributed by atoms with Gasteiger partial charge in [0.2, 0.25) is 0 Å². The Balaban J connectivity index is 2.01. The first-order valence-corrected chi connectivity index (χ1v) is 4.87. The Hall–Kier alpha value is -2.68. The van der Waals surface area contributed by atoms with E-state index in [2.05, 4.69) is 15.3 Å². The number of nitriles is 1. The van der Waals surface area contributed by atoms with E-state index in [0.717, 1.165) is 5.56 Å². The maximum absolute atomic E-state index is 8.36. The van der Waals surface area contributed by atoms with E-state index in [-0.39, 0.29) is 6.61 Å². The third-order valence-corrected chi connectivity index (χ3v) is 1.93. The Kier molecular flexibility index (Phi) is 3.45. The molecule has 1 aromatic heterocycles. The van der Waals surface area contributed by atoms with Gasteiger partial charge in [-0.3, -0.25) is 0 Å². The van der Waals surface area contributed by atoms with E-state index < -0.39 is 0 Å². The molecule has 1 heterocycles. The summed E-state index contributed by atoms with van der Waals surface area (Å²) >= 11 is 0. The van der Waals surface area contributed by atoms with Gasteiger partial charge in [-0.2, -0.15) is 10.4 Å². The summed E-state index contributed by atoms with van der Waals surface area (Å²) < 4.78 is 6.63. The molecule has 2 rings (SSSR count). The number of hydrogen-bond acceptors (Lipinski definition) is 5. The number of rotatable bonds is 4. The lowest BCUT2D eigenvalue weighted by atomic mass is 10.2. The van der Waals surface area contributed by atoms with Crippen molar-refractivity contribution in [2.24, 2.45) is 5.10 Å². The van der Waals surface area contributed by atoms with Gasteiger partial charge in [-0.05, 0) is 29.8 Å². The molecule has 0 saturated carbocycles. The molecule has 0 aliphatic carbocycles. The first-order chi connectivity index (χ1) is 8.38. The van der Waals surface area contributed by atoms with Gasteiger partial charge >= 0.3 is 0 Å². The predicted molar refractivity (Wildman–Crippen MR) is 60.6 cm³/mol. The van der Waals surface area contributed by atoms with Crippen molar-refractivity contribution in [3.05, 3.63) is 42.5 Å². The summed E-state index contributed by atoms with van der Waals surface area (Å²) in [7, 11) is 0. The SMILES string of the molecule is N#CCOc1ccc(/C=N\n2cnnc2)cc1. The van der Waals surface area contributed by atoms with Crippen LogP contribution in [0.4, 0.5) is 0 Å². The summed E-state index contributed by atoms with van der Waals surface area (Å²) in [5.41, 5.74) is 0.919. The fraction of sp³-hybridized carbons (Fsp3) is 0.0909. The number of benzene rings is 1. The van der Waals surface area contributed by atoms with Crippen LogP contribution in [-0.2, 0) is 0 Å². The number of hydrogen-bond donors (Lipinski definition) is 0. The zero-order valence-corrected chi connectivity index (χ0v) is 8.89. The normalized spacial score (nSPS) is 10.3. The highest BCUT2D eigenvalue weighted by molar-refractivity contribution is 5.79. The van der Waals surface area contributed by atoms with E-state index in [0.29, 0.717) is 5.75 Å². The number of aromatic nitrogens is 3. The van der Waals surface area contributed by atoms with Crippen LogP contribution in [0.5, 0.6) is 5.75 Å². The van der Waals surface area contributed by atoms with Gasteiger partial charge in [0.25, 0.3) is 0 Å². The smallest absolute Gasteiger partial charge is 0.174 e. The van der Waals surface area contributed by atoms with Gasteiger partial charge in [-0.1, -0.05) is 0 Å². The highest BCUT2D eigenvalue weighted by Crippen LogP contribution is 2.10. The van der Waals surface area contributed by atoms with Crippen LogP contribution in [0.2, 0.25) is 0 Å². The first-order valence-electron chi connectivity index (χ1n) is 4.87. The van der Waals surface area contributed by atoms with E-state index in [1.54, 1.807) is 18.3 Å². The quantitative estimate of drug-likeness (QED) is 0.732. The summed E-state index contributed by atoms with van der Waals surface area (Å²) in [5, 5.41) is 19.7. The molecule has 0 aliphatic rings. The molecule has 0 unspecified atom stereocenters. The molecule has 6 nitrogen and oxygen atoms in total. The molecular weight excluding hydrogens is 218 g/mol. The van der Waals surface area contributed by atoms with Crippen molar-refractivity contribution in [1.82, 2.24) is 14.9 Å². The fourth-order valence-corrected chi connectivity index (χ4v) is 1.15. The minimum absolute atomic E-state index is 0.0497. The standard InChI is InChI=1S/C11H9N5O/c12-5-6-17-11-3-1-10(2-4-11)7-15-16-8-13-14-9-16/h1-4,7-9H,6H2/b15-7-. The van der Waals surface area contributed by atoms with Crippen molar-refractivity contribution in [1.29, 1.82) is 5.26 Å². The van der Waals surface area contributed by atoms with Gasteiger partial charge in [-0.25, -0.2) is 4.68 Å². The van der Waals surface area contributed by atoms with E-state index in [1.165, 1.54) is 17.3 Å². The van der Waals surface area contributed by atoms with Crippen LogP contribution in [0, 0.1) is 11.3 Å². The van der Waals surface area contributed by atoms with Gasteiger partial charge < -0.3 is 4.74 Å². The Morgan fingerprint density at radius 3 is 2.65 bits per heavy atom. The minimum Gasteiger partial charge on any atom is -0.479 e. The summed E-state index contributed by atoms with van der Waals surface area (Å²) in [6.45, 7) is 0.0497. The van der Waals surface area contributed by atoms with Crippen molar-refractivity contribution in [2.45, 2.75) is 0 Å². The molecule has 0 N–H and O–H groups in total. The van der Waals surface area contributed by atoms with Gasteiger partial charge in [-0.15, -0.1) is 10.2 Å². The second-order valence-corrected chi connectivity index (χ2v) is 3.10. The molecule has 2 aromatic rings. The number of nitrogens with zero attached hydrogens (tertiary/aromatic N) is 5. The average molecular weight is 227 g/mol. The van der Waals surface area contributed by atoms with Crippen LogP contribution >= 0.6 is 0 Å². The molecule has 84 valence electrons. The summed E-state index contributed by atoms with van der Waals surface area (Å²) in [6, 6.07) is 9.17. The lowest BCUT2D eigenvalue weighted by Crippen LogP contribution is -1.93. The van der Waals surface area contributed by atoms with Crippen molar-refractivity contribution in [3.8, 4) is 11.8 Å². The van der Waals surface area contributed by atoms with E-state index in [4.69, 9.17) is 10.00 Å². The first kappa shape index (κ1) is 10.8. The van der Waals surface area contributed by atoms with Gasteiger partial charge in [0.15, 0.2) is 6.61 Å². The average Bonchev–Trinajstić information content (AvgIpc) is 2.88. The van der Waals surface area contributed by atoms with Gasteiger partial charge in [0.05, 0.1) is 6.21 Å². The molecule has 0 bridgehead atoms. The topological polar surface area (TPSA) is 76.1 Å². The Labute approximate surface area is 97.8 Å². The largest absolute Gasteiger partial charge is 0.479 e. The van der Waals surface area contributed by atoms with Crippen LogP contribution in [0.15, 0.2) is 42.0 Å². The maximum atomic E-state index is 8.36. The van der Waals surface area contributed by atoms with Crippen molar-refractivity contribution in [2.75, 3.05) is 6.61 Å². The molecular formula is C11H9N5O. The van der Waals surface area contributed by atoms with Crippen LogP contribution in [0.3, 0.4) is 0 Å². The van der Waals surface area contributed by atoms with E-state index in [1.807, 2.05) is 18.2 Å². The van der Waals surface area contributed by atoms with Crippen molar-refractivity contribution >= 4 is 6.21 Å². The zero-order chi connectivity index (χ0) is 11.9. The highest BCUT2D eigenvalue weighted by Gasteiger charge is 1.93. The lowest BCUT2D eigenvalue weighted by molar-refractivity contribution is 0.368. The summed E-state index contributed by atoms with van der Waals surface area (Å²) in [6.07, 6.45) is 4.68. The fourth-order valence-electron chi connectivity index (χ4n) is 1.15. The third kappa shape index (κ3) is 3.14. The molecule has 0 fully saturated rings. The Morgan fingerprint density at radius 1 is 1.29 bits per heavy atom. The third-order valence-electron chi connectivity index (χ3n) is 1.93. The molecule has 0 radical (unpaired) electrons. The summed E-state index contributed by atoms with van der Waals surface area (Å²) in [4.78, 5) is 0. The van der Waals surface area contributed by atoms with Gasteiger partial charge in [0.1, 0.15) is 24.5 Å². The zero-order valence-electron chi connectivity index (χ0n) is 8.89. The van der Waals surface area contributed by atoms with Crippen LogP contribution in [0.1, 0.15) is 5.56 Å². The van der Waals surface area contributed by atoms with E-state index >= 15 is 0 Å². The van der Waals surface area contributed by atoms with Crippen LogP contribution < -0.4 is 4.74 Å². The lowest BCUT2D eigenvalue weighted by Gasteiger charge is -2.00. The molecule has 0 saturated heterocycles. The minimum atomic E-state index is 0.0497. The van der Waals surface area contributed by atoms with Crippen molar-refractivity contribution in [3.63, 3.8) is 0 Å². The van der Waals surface area contributed by atoms with Crippen molar-refractivity contribution < 1.29 is 4.74 Å². The Bertz CT molecular complexity index is 524. The Morgan fingerprint density at radius 2 is 2.00 bits per heavy atom. The monoisotopic (exact) mass is 227 g/mol. The maximum Gasteiger partial charge on any atom is 0.174 e. The van der Waals surface area contributed by atoms with E-state index in [9.17, 15) is 0 Å². The molecule has 6 heteroatoms. The summed E-state index contributed by atoms with van der Waals surface area (Å²) in [5.74, 6) is 0.660.